The molecule has 0 saturated carbocycles. The SMILES string of the molecule is O=C(NN1C(=O)/C(=C/c2ccc(Oc3ccccc3)cc2)SC1=S)c1ccccc1. The molecule has 148 valence electrons. The van der Waals surface area contributed by atoms with Crippen LogP contribution in [0, 0.1) is 0 Å². The second-order valence-corrected chi connectivity index (χ2v) is 7.98. The minimum atomic E-state index is -0.393. The third-order valence-electron chi connectivity index (χ3n) is 4.20. The molecule has 0 spiro atoms. The fraction of sp³-hybridized carbons (Fsp3) is 0. The summed E-state index contributed by atoms with van der Waals surface area (Å²) in [4.78, 5) is 25.5. The van der Waals surface area contributed by atoms with Gasteiger partial charge in [0, 0.05) is 5.56 Å². The van der Waals surface area contributed by atoms with Crippen LogP contribution in [0.25, 0.3) is 6.08 Å². The predicted molar refractivity (Wildman–Crippen MR) is 122 cm³/mol. The molecule has 0 radical (unpaired) electrons. The van der Waals surface area contributed by atoms with Crippen molar-refractivity contribution in [3.63, 3.8) is 0 Å². The number of hydrogen-bond donors (Lipinski definition) is 1. The van der Waals surface area contributed by atoms with Crippen molar-refractivity contribution in [2.45, 2.75) is 0 Å². The third kappa shape index (κ3) is 4.59. The van der Waals surface area contributed by atoms with Gasteiger partial charge < -0.3 is 4.74 Å². The van der Waals surface area contributed by atoms with Gasteiger partial charge in [0.2, 0.25) is 0 Å². The number of rotatable bonds is 5. The lowest BCUT2D eigenvalue weighted by atomic mass is 10.2. The number of thiocarbonyl (C=S) groups is 1. The van der Waals surface area contributed by atoms with E-state index in [2.05, 4.69) is 5.43 Å². The smallest absolute Gasteiger partial charge is 0.285 e. The Morgan fingerprint density at radius 3 is 2.17 bits per heavy atom. The lowest BCUT2D eigenvalue weighted by Crippen LogP contribution is -2.44. The summed E-state index contributed by atoms with van der Waals surface area (Å²) < 4.78 is 6.05. The molecular formula is C23H16N2O3S2. The number of para-hydroxylation sites is 1. The van der Waals surface area contributed by atoms with Crippen molar-refractivity contribution in [1.82, 2.24) is 10.4 Å². The zero-order valence-electron chi connectivity index (χ0n) is 15.6. The summed E-state index contributed by atoms with van der Waals surface area (Å²) in [6.45, 7) is 0. The monoisotopic (exact) mass is 432 g/mol. The standard InChI is InChI=1S/C23H16N2O3S2/c26-21(17-7-3-1-4-8-17)24-25-22(27)20(30-23(25)29)15-16-11-13-19(14-12-16)28-18-9-5-2-6-10-18/h1-15H,(H,24,26)/b20-15-. The zero-order valence-corrected chi connectivity index (χ0v) is 17.3. The molecule has 7 heteroatoms. The van der Waals surface area contributed by atoms with Crippen molar-refractivity contribution in [3.05, 3.63) is 101 Å². The van der Waals surface area contributed by atoms with E-state index in [1.807, 2.05) is 60.7 Å². The van der Waals surface area contributed by atoms with Crippen molar-refractivity contribution in [3.8, 4) is 11.5 Å². The van der Waals surface area contributed by atoms with Crippen LogP contribution in [0.4, 0.5) is 0 Å². The number of amides is 2. The Kier molecular flexibility index (Phi) is 5.92. The lowest BCUT2D eigenvalue weighted by Gasteiger charge is -2.15. The summed E-state index contributed by atoms with van der Waals surface area (Å²) in [6.07, 6.45) is 1.74. The Balaban J connectivity index is 1.44. The number of nitrogens with one attached hydrogen (secondary N) is 1. The Morgan fingerprint density at radius 1 is 0.900 bits per heavy atom. The maximum absolute atomic E-state index is 12.7. The van der Waals surface area contributed by atoms with Crippen LogP contribution in [0.3, 0.4) is 0 Å². The summed E-state index contributed by atoms with van der Waals surface area (Å²) in [5.41, 5.74) is 3.84. The van der Waals surface area contributed by atoms with Crippen LogP contribution in [0.15, 0.2) is 89.8 Å². The van der Waals surface area contributed by atoms with Gasteiger partial charge in [-0.2, -0.15) is 5.01 Å². The van der Waals surface area contributed by atoms with Crippen LogP contribution in [-0.4, -0.2) is 21.1 Å². The summed E-state index contributed by atoms with van der Waals surface area (Å²) in [5.74, 6) is 0.691. The Labute approximate surface area is 183 Å². The molecule has 1 saturated heterocycles. The second kappa shape index (κ2) is 8.94. The van der Waals surface area contributed by atoms with Gasteiger partial charge in [0.1, 0.15) is 11.5 Å². The molecule has 1 N–H and O–H groups in total. The number of carbonyl (C=O) groups is 2. The van der Waals surface area contributed by atoms with Gasteiger partial charge in [-0.1, -0.05) is 60.3 Å². The largest absolute Gasteiger partial charge is 0.457 e. The number of carbonyl (C=O) groups excluding carboxylic acids is 2. The zero-order chi connectivity index (χ0) is 20.9. The molecule has 5 nitrogen and oxygen atoms in total. The lowest BCUT2D eigenvalue weighted by molar-refractivity contribution is -0.123. The van der Waals surface area contributed by atoms with Crippen molar-refractivity contribution in [2.75, 3.05) is 0 Å². The molecule has 0 atom stereocenters. The second-order valence-electron chi connectivity index (χ2n) is 6.31. The van der Waals surface area contributed by atoms with E-state index < -0.39 is 5.91 Å². The molecule has 1 aliphatic rings. The highest BCUT2D eigenvalue weighted by Gasteiger charge is 2.33. The maximum Gasteiger partial charge on any atom is 0.285 e. The van der Waals surface area contributed by atoms with Gasteiger partial charge in [0.25, 0.3) is 11.8 Å². The molecule has 1 fully saturated rings. The van der Waals surface area contributed by atoms with Crippen LogP contribution in [0.1, 0.15) is 15.9 Å². The van der Waals surface area contributed by atoms with Gasteiger partial charge in [-0.3, -0.25) is 15.0 Å². The van der Waals surface area contributed by atoms with E-state index in [1.54, 1.807) is 30.3 Å². The van der Waals surface area contributed by atoms with Crippen LogP contribution >= 0.6 is 24.0 Å². The van der Waals surface area contributed by atoms with Gasteiger partial charge in [-0.15, -0.1) is 0 Å². The van der Waals surface area contributed by atoms with Crippen molar-refractivity contribution >= 4 is 46.2 Å². The molecule has 1 heterocycles. The fourth-order valence-electron chi connectivity index (χ4n) is 2.73. The molecule has 2 amide bonds. The topological polar surface area (TPSA) is 58.6 Å². The van der Waals surface area contributed by atoms with E-state index in [4.69, 9.17) is 17.0 Å². The fourth-order valence-corrected chi connectivity index (χ4v) is 3.91. The van der Waals surface area contributed by atoms with Gasteiger partial charge in [0.05, 0.1) is 4.91 Å². The predicted octanol–water partition coefficient (Wildman–Crippen LogP) is 5.03. The molecule has 0 bridgehead atoms. The van der Waals surface area contributed by atoms with E-state index in [1.165, 1.54) is 0 Å². The number of thioether (sulfide) groups is 1. The highest BCUT2D eigenvalue weighted by atomic mass is 32.2. The molecular weight excluding hydrogens is 416 g/mol. The van der Waals surface area contributed by atoms with E-state index in [0.29, 0.717) is 16.2 Å². The van der Waals surface area contributed by atoms with Crippen LogP contribution in [0.2, 0.25) is 0 Å². The number of hydrogen-bond acceptors (Lipinski definition) is 5. The minimum absolute atomic E-state index is 0.277. The number of ether oxygens (including phenoxy) is 1. The maximum atomic E-state index is 12.7. The first-order chi connectivity index (χ1) is 14.6. The molecule has 1 aliphatic heterocycles. The number of hydrazine groups is 1. The molecule has 30 heavy (non-hydrogen) atoms. The van der Waals surface area contributed by atoms with Gasteiger partial charge in [0.15, 0.2) is 4.32 Å². The van der Waals surface area contributed by atoms with E-state index in [-0.39, 0.29) is 10.2 Å². The summed E-state index contributed by atoms with van der Waals surface area (Å²) in [7, 11) is 0. The molecule has 4 rings (SSSR count). The average molecular weight is 433 g/mol. The van der Waals surface area contributed by atoms with E-state index in [0.717, 1.165) is 28.1 Å². The minimum Gasteiger partial charge on any atom is -0.457 e. The summed E-state index contributed by atoms with van der Waals surface area (Å²) in [6, 6.07) is 25.5. The van der Waals surface area contributed by atoms with E-state index in [9.17, 15) is 9.59 Å². The Morgan fingerprint density at radius 2 is 1.50 bits per heavy atom. The van der Waals surface area contributed by atoms with Gasteiger partial charge in [-0.05, 0) is 60.3 Å². The number of nitrogens with zero attached hydrogens (tertiary/aromatic N) is 1. The molecule has 3 aromatic carbocycles. The molecule has 3 aromatic rings. The molecule has 0 aliphatic carbocycles. The van der Waals surface area contributed by atoms with E-state index >= 15 is 0 Å². The summed E-state index contributed by atoms with van der Waals surface area (Å²) in [5, 5.41) is 1.11. The van der Waals surface area contributed by atoms with Crippen LogP contribution in [0.5, 0.6) is 11.5 Å². The Bertz CT molecular complexity index is 1110. The first-order valence-corrected chi connectivity index (χ1v) is 10.3. The molecule has 0 unspecified atom stereocenters. The van der Waals surface area contributed by atoms with Crippen molar-refractivity contribution < 1.29 is 14.3 Å². The molecule has 0 aromatic heterocycles. The normalized spacial score (nSPS) is 14.8. The van der Waals surface area contributed by atoms with Crippen LogP contribution in [-0.2, 0) is 4.79 Å². The van der Waals surface area contributed by atoms with Gasteiger partial charge in [-0.25, -0.2) is 0 Å². The van der Waals surface area contributed by atoms with Crippen molar-refractivity contribution in [1.29, 1.82) is 0 Å². The Hall–Kier alpha value is -3.42. The highest BCUT2D eigenvalue weighted by molar-refractivity contribution is 8.26. The first kappa shape index (κ1) is 19.9. The third-order valence-corrected chi connectivity index (χ3v) is 5.50. The average Bonchev–Trinajstić information content (AvgIpc) is 3.04. The quantitative estimate of drug-likeness (QED) is 0.453. The van der Waals surface area contributed by atoms with Crippen LogP contribution < -0.4 is 10.2 Å². The van der Waals surface area contributed by atoms with Crippen molar-refractivity contribution in [2.24, 2.45) is 0 Å². The highest BCUT2D eigenvalue weighted by Crippen LogP contribution is 2.32. The number of benzene rings is 3. The van der Waals surface area contributed by atoms with Gasteiger partial charge >= 0.3 is 0 Å². The first-order valence-electron chi connectivity index (χ1n) is 9.07. The summed E-state index contributed by atoms with van der Waals surface area (Å²) >= 11 is 6.41.